The van der Waals surface area contributed by atoms with E-state index >= 15 is 0 Å². The summed E-state index contributed by atoms with van der Waals surface area (Å²) in [6.45, 7) is 2.19. The molecule has 5 nitrogen and oxygen atoms in total. The average Bonchev–Trinajstić information content (AvgIpc) is 3.59. The highest BCUT2D eigenvalue weighted by atomic mass is 14.9. The zero-order valence-electron chi connectivity index (χ0n) is 18.7. The van der Waals surface area contributed by atoms with Crippen molar-refractivity contribution in [2.24, 2.45) is 0 Å². The average molecular weight is 442 g/mol. The molecule has 0 saturated carbocycles. The molecule has 0 aliphatic carbocycles. The molecule has 6 rings (SSSR count). The number of H-pyrrole nitrogens is 2. The van der Waals surface area contributed by atoms with Gasteiger partial charge in [0.2, 0.25) is 0 Å². The molecule has 5 heteroatoms. The van der Waals surface area contributed by atoms with Gasteiger partial charge in [0.1, 0.15) is 11.5 Å². The second kappa shape index (κ2) is 8.45. The minimum absolute atomic E-state index is 0.246. The first-order chi connectivity index (χ1) is 16.7. The SMILES string of the molecule is C[C@H](c1ccccc1)c1cnc(-c2cccc(-c3cnc(-c4cc5ccccc5cn4)[nH]3)c2)[nH]1. The highest BCUT2D eigenvalue weighted by molar-refractivity contribution is 5.84. The number of benzene rings is 3. The molecule has 0 radical (unpaired) electrons. The van der Waals surface area contributed by atoms with E-state index < -0.39 is 0 Å². The molecular weight excluding hydrogens is 418 g/mol. The van der Waals surface area contributed by atoms with Crippen LogP contribution in [0.1, 0.15) is 24.1 Å². The van der Waals surface area contributed by atoms with Crippen LogP contribution in [0.5, 0.6) is 0 Å². The van der Waals surface area contributed by atoms with Crippen molar-refractivity contribution in [1.29, 1.82) is 0 Å². The van der Waals surface area contributed by atoms with Gasteiger partial charge in [-0.15, -0.1) is 0 Å². The van der Waals surface area contributed by atoms with Crippen molar-refractivity contribution >= 4 is 10.8 Å². The Morgan fingerprint density at radius 3 is 2.26 bits per heavy atom. The Kier molecular flexibility index (Phi) is 5.00. The highest BCUT2D eigenvalue weighted by Gasteiger charge is 2.13. The van der Waals surface area contributed by atoms with E-state index in [9.17, 15) is 0 Å². The molecule has 34 heavy (non-hydrogen) atoms. The van der Waals surface area contributed by atoms with Crippen LogP contribution in [-0.4, -0.2) is 24.9 Å². The van der Waals surface area contributed by atoms with Crippen LogP contribution in [0.4, 0.5) is 0 Å². The summed E-state index contributed by atoms with van der Waals surface area (Å²) >= 11 is 0. The minimum Gasteiger partial charge on any atom is -0.341 e. The number of nitrogens with one attached hydrogen (secondary N) is 2. The Bertz CT molecular complexity index is 1580. The first kappa shape index (κ1) is 20.1. The maximum absolute atomic E-state index is 4.66. The summed E-state index contributed by atoms with van der Waals surface area (Å²) in [5.41, 5.74) is 6.20. The normalized spacial score (nSPS) is 12.1. The van der Waals surface area contributed by atoms with Gasteiger partial charge in [0.05, 0.1) is 11.9 Å². The van der Waals surface area contributed by atoms with Crippen molar-refractivity contribution in [2.45, 2.75) is 12.8 Å². The zero-order chi connectivity index (χ0) is 22.9. The third-order valence-corrected chi connectivity index (χ3v) is 6.26. The molecule has 2 N–H and O–H groups in total. The van der Waals surface area contributed by atoms with Crippen LogP contribution in [0.25, 0.3) is 44.9 Å². The number of pyridine rings is 1. The van der Waals surface area contributed by atoms with E-state index in [1.54, 1.807) is 0 Å². The van der Waals surface area contributed by atoms with Crippen LogP contribution < -0.4 is 0 Å². The summed E-state index contributed by atoms with van der Waals surface area (Å²) in [6, 6.07) is 29.0. The summed E-state index contributed by atoms with van der Waals surface area (Å²) in [4.78, 5) is 20.8. The second-order valence-corrected chi connectivity index (χ2v) is 8.46. The van der Waals surface area contributed by atoms with E-state index in [1.807, 2.05) is 42.9 Å². The van der Waals surface area contributed by atoms with E-state index in [2.05, 4.69) is 92.5 Å². The summed E-state index contributed by atoms with van der Waals surface area (Å²) in [5.74, 6) is 1.86. The van der Waals surface area contributed by atoms with Gasteiger partial charge in [-0.25, -0.2) is 9.97 Å². The van der Waals surface area contributed by atoms with Crippen LogP contribution in [-0.2, 0) is 0 Å². The Morgan fingerprint density at radius 2 is 1.38 bits per heavy atom. The monoisotopic (exact) mass is 441 g/mol. The lowest BCUT2D eigenvalue weighted by molar-refractivity contribution is 0.884. The number of nitrogens with zero attached hydrogens (tertiary/aromatic N) is 3. The molecule has 6 aromatic rings. The van der Waals surface area contributed by atoms with Gasteiger partial charge >= 0.3 is 0 Å². The predicted octanol–water partition coefficient (Wildman–Crippen LogP) is 6.83. The maximum atomic E-state index is 4.66. The first-order valence-corrected chi connectivity index (χ1v) is 11.4. The minimum atomic E-state index is 0.246. The first-order valence-electron chi connectivity index (χ1n) is 11.4. The zero-order valence-corrected chi connectivity index (χ0v) is 18.7. The van der Waals surface area contributed by atoms with Crippen LogP contribution in [0.3, 0.4) is 0 Å². The van der Waals surface area contributed by atoms with Crippen LogP contribution in [0.2, 0.25) is 0 Å². The topological polar surface area (TPSA) is 70.2 Å². The van der Waals surface area contributed by atoms with E-state index in [-0.39, 0.29) is 5.92 Å². The number of rotatable bonds is 5. The quantitative estimate of drug-likeness (QED) is 0.308. The third-order valence-electron chi connectivity index (χ3n) is 6.26. The van der Waals surface area contributed by atoms with Crippen molar-refractivity contribution in [3.63, 3.8) is 0 Å². The number of hydrogen-bond donors (Lipinski definition) is 2. The molecule has 3 heterocycles. The van der Waals surface area contributed by atoms with E-state index in [0.717, 1.165) is 50.6 Å². The summed E-state index contributed by atoms with van der Waals surface area (Å²) in [6.07, 6.45) is 5.67. The number of imidazole rings is 2. The largest absolute Gasteiger partial charge is 0.341 e. The molecule has 3 aromatic carbocycles. The Labute approximate surface area is 197 Å². The van der Waals surface area contributed by atoms with E-state index in [1.165, 1.54) is 5.56 Å². The molecule has 1 atom stereocenters. The fourth-order valence-electron chi connectivity index (χ4n) is 4.27. The number of fused-ring (bicyclic) bond motifs is 1. The van der Waals surface area contributed by atoms with Gasteiger partial charge < -0.3 is 9.97 Å². The maximum Gasteiger partial charge on any atom is 0.156 e. The van der Waals surface area contributed by atoms with Gasteiger partial charge in [-0.3, -0.25) is 4.98 Å². The van der Waals surface area contributed by atoms with Gasteiger partial charge in [-0.2, -0.15) is 0 Å². The Hall–Kier alpha value is -4.51. The molecule has 0 aliphatic heterocycles. The molecule has 0 unspecified atom stereocenters. The van der Waals surface area contributed by atoms with Crippen LogP contribution in [0, 0.1) is 0 Å². The summed E-state index contributed by atoms with van der Waals surface area (Å²) in [7, 11) is 0. The van der Waals surface area contributed by atoms with E-state index in [0.29, 0.717) is 0 Å². The second-order valence-electron chi connectivity index (χ2n) is 8.46. The van der Waals surface area contributed by atoms with Crippen LogP contribution in [0.15, 0.2) is 104 Å². The smallest absolute Gasteiger partial charge is 0.156 e. The predicted molar refractivity (Wildman–Crippen MR) is 136 cm³/mol. The summed E-state index contributed by atoms with van der Waals surface area (Å²) in [5, 5.41) is 2.26. The van der Waals surface area contributed by atoms with Crippen molar-refractivity contribution in [2.75, 3.05) is 0 Å². The molecule has 0 fully saturated rings. The Balaban J connectivity index is 1.28. The highest BCUT2D eigenvalue weighted by Crippen LogP contribution is 2.28. The third kappa shape index (κ3) is 3.77. The Morgan fingerprint density at radius 1 is 0.618 bits per heavy atom. The molecular formula is C29H23N5. The lowest BCUT2D eigenvalue weighted by Crippen LogP contribution is -1.95. The number of aromatic nitrogens is 5. The van der Waals surface area contributed by atoms with Crippen LogP contribution >= 0.6 is 0 Å². The standard InChI is InChI=1S/C29H23N5/c1-19(20-8-3-2-4-9-20)26-17-31-28(33-26)23-13-7-12-22(14-23)27-18-32-29(34-27)25-15-21-10-5-6-11-24(21)16-30-25/h2-19H,1H3,(H,31,33)(H,32,34)/t19-/m1/s1. The molecule has 0 spiro atoms. The van der Waals surface area contributed by atoms with Gasteiger partial charge in [0, 0.05) is 40.5 Å². The van der Waals surface area contributed by atoms with Gasteiger partial charge in [0.25, 0.3) is 0 Å². The fourth-order valence-corrected chi connectivity index (χ4v) is 4.27. The van der Waals surface area contributed by atoms with Gasteiger partial charge in [-0.1, -0.05) is 79.7 Å². The fraction of sp³-hybridized carbons (Fsp3) is 0.0690. The molecule has 164 valence electrons. The van der Waals surface area contributed by atoms with Gasteiger partial charge in [0.15, 0.2) is 5.82 Å². The number of hydrogen-bond acceptors (Lipinski definition) is 3. The van der Waals surface area contributed by atoms with Crippen molar-refractivity contribution < 1.29 is 0 Å². The van der Waals surface area contributed by atoms with E-state index in [4.69, 9.17) is 0 Å². The molecule has 0 aliphatic rings. The van der Waals surface area contributed by atoms with Crippen molar-refractivity contribution in [1.82, 2.24) is 24.9 Å². The molecule has 0 amide bonds. The lowest BCUT2D eigenvalue weighted by atomic mass is 9.99. The molecule has 0 saturated heterocycles. The lowest BCUT2D eigenvalue weighted by Gasteiger charge is -2.09. The summed E-state index contributed by atoms with van der Waals surface area (Å²) < 4.78 is 0. The number of aromatic amines is 2. The molecule has 3 aromatic heterocycles. The molecule has 0 bridgehead atoms. The van der Waals surface area contributed by atoms with Crippen molar-refractivity contribution in [3.05, 3.63) is 115 Å². The van der Waals surface area contributed by atoms with Crippen molar-refractivity contribution in [3.8, 4) is 34.2 Å². The van der Waals surface area contributed by atoms with Gasteiger partial charge in [-0.05, 0) is 23.1 Å².